The molecule has 4 heteroatoms. The summed E-state index contributed by atoms with van der Waals surface area (Å²) in [4.78, 5) is 15.6. The number of carbonyl (C=O) groups is 1. The van der Waals surface area contributed by atoms with Crippen LogP contribution < -0.4 is 10.6 Å². The van der Waals surface area contributed by atoms with Gasteiger partial charge in [0.05, 0.1) is 0 Å². The number of pyridine rings is 1. The summed E-state index contributed by atoms with van der Waals surface area (Å²) in [5.41, 5.74) is 2.23. The Morgan fingerprint density at radius 1 is 1.44 bits per heavy atom. The van der Waals surface area contributed by atoms with E-state index in [1.807, 2.05) is 19.2 Å². The zero-order valence-corrected chi connectivity index (χ0v) is 11.5. The van der Waals surface area contributed by atoms with Gasteiger partial charge in [-0.15, -0.1) is 0 Å². The number of nitrogens with zero attached hydrogens (tertiary/aromatic N) is 1. The second-order valence-electron chi connectivity index (χ2n) is 4.79. The Balaban J connectivity index is 2.19. The Morgan fingerprint density at radius 3 is 2.89 bits per heavy atom. The van der Waals surface area contributed by atoms with Gasteiger partial charge in [0, 0.05) is 31.4 Å². The summed E-state index contributed by atoms with van der Waals surface area (Å²) in [6, 6.07) is 2.42. The number of hydrogen-bond donors (Lipinski definition) is 2. The quantitative estimate of drug-likeness (QED) is 0.724. The average Bonchev–Trinajstić information content (AvgIpc) is 2.33. The molecule has 0 aliphatic carbocycles. The average molecular weight is 249 g/mol. The molecule has 0 radical (unpaired) electrons. The Morgan fingerprint density at radius 2 is 2.22 bits per heavy atom. The van der Waals surface area contributed by atoms with E-state index in [0.29, 0.717) is 19.0 Å². The van der Waals surface area contributed by atoms with Gasteiger partial charge in [-0.1, -0.05) is 13.8 Å². The second-order valence-corrected chi connectivity index (χ2v) is 4.79. The van der Waals surface area contributed by atoms with Crippen molar-refractivity contribution in [1.29, 1.82) is 0 Å². The first-order valence-corrected chi connectivity index (χ1v) is 6.49. The van der Waals surface area contributed by atoms with Crippen LogP contribution in [0.15, 0.2) is 18.5 Å². The molecule has 0 atom stereocenters. The summed E-state index contributed by atoms with van der Waals surface area (Å²) in [6.45, 7) is 7.68. The highest BCUT2D eigenvalue weighted by atomic mass is 16.1. The van der Waals surface area contributed by atoms with Crippen molar-refractivity contribution in [1.82, 2.24) is 15.6 Å². The van der Waals surface area contributed by atoms with Crippen LogP contribution in [0.3, 0.4) is 0 Å². The molecular weight excluding hydrogens is 226 g/mol. The molecule has 1 heterocycles. The molecule has 0 saturated carbocycles. The van der Waals surface area contributed by atoms with Gasteiger partial charge >= 0.3 is 0 Å². The second kappa shape index (κ2) is 7.82. The van der Waals surface area contributed by atoms with Crippen molar-refractivity contribution in [2.45, 2.75) is 46.2 Å². The first kappa shape index (κ1) is 14.6. The smallest absolute Gasteiger partial charge is 0.220 e. The minimum Gasteiger partial charge on any atom is -0.352 e. The van der Waals surface area contributed by atoms with Gasteiger partial charge < -0.3 is 10.6 Å². The Kier molecular flexibility index (Phi) is 6.36. The maximum Gasteiger partial charge on any atom is 0.220 e. The van der Waals surface area contributed by atoms with Gasteiger partial charge in [0.25, 0.3) is 0 Å². The Labute approximate surface area is 109 Å². The lowest BCUT2D eigenvalue weighted by molar-refractivity contribution is -0.121. The van der Waals surface area contributed by atoms with E-state index in [2.05, 4.69) is 29.5 Å². The number of aryl methyl sites for hydroxylation is 1. The van der Waals surface area contributed by atoms with Crippen LogP contribution in [0.5, 0.6) is 0 Å². The molecule has 1 aromatic heterocycles. The normalized spacial score (nSPS) is 10.7. The van der Waals surface area contributed by atoms with E-state index in [0.717, 1.165) is 24.1 Å². The topological polar surface area (TPSA) is 54.0 Å². The number of nitrogens with one attached hydrogen (secondary N) is 2. The third-order valence-corrected chi connectivity index (χ3v) is 2.75. The summed E-state index contributed by atoms with van der Waals surface area (Å²) in [5.74, 6) is 0.108. The molecule has 0 spiro atoms. The number of amides is 1. The van der Waals surface area contributed by atoms with Gasteiger partial charge in [-0.05, 0) is 37.1 Å². The molecule has 1 amide bonds. The van der Waals surface area contributed by atoms with E-state index in [1.165, 1.54) is 0 Å². The number of hydrogen-bond acceptors (Lipinski definition) is 3. The highest BCUT2D eigenvalue weighted by molar-refractivity contribution is 5.75. The van der Waals surface area contributed by atoms with Crippen molar-refractivity contribution in [3.05, 3.63) is 29.6 Å². The van der Waals surface area contributed by atoms with Crippen LogP contribution in [0.25, 0.3) is 0 Å². The molecule has 1 aromatic rings. The maximum absolute atomic E-state index is 11.6. The van der Waals surface area contributed by atoms with E-state index in [4.69, 9.17) is 0 Å². The van der Waals surface area contributed by atoms with E-state index >= 15 is 0 Å². The van der Waals surface area contributed by atoms with Crippen LogP contribution in [0.2, 0.25) is 0 Å². The highest BCUT2D eigenvalue weighted by Crippen LogP contribution is 2.04. The van der Waals surface area contributed by atoms with E-state index < -0.39 is 0 Å². The fourth-order valence-electron chi connectivity index (χ4n) is 1.62. The molecular formula is C14H23N3O. The van der Waals surface area contributed by atoms with Crippen molar-refractivity contribution < 1.29 is 4.79 Å². The first-order chi connectivity index (χ1) is 8.59. The molecule has 0 aromatic carbocycles. The largest absolute Gasteiger partial charge is 0.352 e. The van der Waals surface area contributed by atoms with Gasteiger partial charge in [-0.3, -0.25) is 9.78 Å². The minimum absolute atomic E-state index is 0.108. The molecule has 18 heavy (non-hydrogen) atoms. The van der Waals surface area contributed by atoms with Crippen LogP contribution in [0, 0.1) is 6.92 Å². The molecule has 0 saturated heterocycles. The predicted octanol–water partition coefficient (Wildman–Crippen LogP) is 1.78. The Hall–Kier alpha value is -1.42. The molecule has 0 fully saturated rings. The third kappa shape index (κ3) is 5.77. The summed E-state index contributed by atoms with van der Waals surface area (Å²) in [7, 11) is 0. The molecule has 0 unspecified atom stereocenters. The molecule has 0 aliphatic heterocycles. The molecule has 0 bridgehead atoms. The molecule has 1 rings (SSSR count). The van der Waals surface area contributed by atoms with E-state index in [-0.39, 0.29) is 5.91 Å². The number of aromatic nitrogens is 1. The van der Waals surface area contributed by atoms with Crippen LogP contribution >= 0.6 is 0 Å². The standard InChI is InChI=1S/C14H23N3O/c1-11(2)16-7-4-5-14(18)17-10-13-6-8-15-9-12(13)3/h6,8-9,11,16H,4-5,7,10H2,1-3H3,(H,17,18). The lowest BCUT2D eigenvalue weighted by atomic mass is 10.1. The molecule has 4 nitrogen and oxygen atoms in total. The number of carbonyl (C=O) groups excluding carboxylic acids is 1. The van der Waals surface area contributed by atoms with Gasteiger partial charge in [0.15, 0.2) is 0 Å². The first-order valence-electron chi connectivity index (χ1n) is 6.49. The lowest BCUT2D eigenvalue weighted by Crippen LogP contribution is -2.27. The SMILES string of the molecule is Cc1cnccc1CNC(=O)CCCNC(C)C. The maximum atomic E-state index is 11.6. The molecule has 2 N–H and O–H groups in total. The summed E-state index contributed by atoms with van der Waals surface area (Å²) in [5, 5.41) is 6.23. The molecule has 0 aliphatic rings. The van der Waals surface area contributed by atoms with Crippen LogP contribution in [0.1, 0.15) is 37.8 Å². The Bertz CT molecular complexity index is 377. The van der Waals surface area contributed by atoms with Crippen LogP contribution in [-0.4, -0.2) is 23.5 Å². The van der Waals surface area contributed by atoms with E-state index in [1.54, 1.807) is 6.20 Å². The third-order valence-electron chi connectivity index (χ3n) is 2.75. The summed E-state index contributed by atoms with van der Waals surface area (Å²) < 4.78 is 0. The van der Waals surface area contributed by atoms with Gasteiger partial charge in [-0.25, -0.2) is 0 Å². The van der Waals surface area contributed by atoms with Crippen molar-refractivity contribution >= 4 is 5.91 Å². The van der Waals surface area contributed by atoms with Gasteiger partial charge in [0.2, 0.25) is 5.91 Å². The lowest BCUT2D eigenvalue weighted by Gasteiger charge is -2.09. The van der Waals surface area contributed by atoms with Crippen molar-refractivity contribution in [3.8, 4) is 0 Å². The van der Waals surface area contributed by atoms with Crippen molar-refractivity contribution in [3.63, 3.8) is 0 Å². The summed E-state index contributed by atoms with van der Waals surface area (Å²) in [6.07, 6.45) is 5.01. The van der Waals surface area contributed by atoms with E-state index in [9.17, 15) is 4.79 Å². The van der Waals surface area contributed by atoms with Gasteiger partial charge in [-0.2, -0.15) is 0 Å². The fourth-order valence-corrected chi connectivity index (χ4v) is 1.62. The van der Waals surface area contributed by atoms with Crippen LogP contribution in [-0.2, 0) is 11.3 Å². The zero-order chi connectivity index (χ0) is 13.4. The van der Waals surface area contributed by atoms with Crippen molar-refractivity contribution in [2.24, 2.45) is 0 Å². The fraction of sp³-hybridized carbons (Fsp3) is 0.571. The monoisotopic (exact) mass is 249 g/mol. The molecule has 100 valence electrons. The number of rotatable bonds is 7. The van der Waals surface area contributed by atoms with Crippen molar-refractivity contribution in [2.75, 3.05) is 6.54 Å². The highest BCUT2D eigenvalue weighted by Gasteiger charge is 2.03. The van der Waals surface area contributed by atoms with Gasteiger partial charge in [0.1, 0.15) is 0 Å². The minimum atomic E-state index is 0.108. The summed E-state index contributed by atoms with van der Waals surface area (Å²) >= 11 is 0. The predicted molar refractivity (Wildman–Crippen MR) is 73.2 cm³/mol. The van der Waals surface area contributed by atoms with Crippen LogP contribution in [0.4, 0.5) is 0 Å². The zero-order valence-electron chi connectivity index (χ0n) is 11.5.